The van der Waals surface area contributed by atoms with Gasteiger partial charge in [-0.25, -0.2) is 9.37 Å². The van der Waals surface area contributed by atoms with Crippen molar-refractivity contribution in [2.24, 2.45) is 0 Å². The van der Waals surface area contributed by atoms with Crippen LogP contribution >= 0.6 is 11.6 Å². The standard InChI is InChI=1S/C15H10ClFN2/c1-9-14(16)12-5-4-11(17)7-13(12)19-15(9)10-3-2-6-18-8-10/h2-8H,1H3. The fourth-order valence-electron chi connectivity index (χ4n) is 2.08. The number of hydrogen-bond acceptors (Lipinski definition) is 2. The predicted octanol–water partition coefficient (Wildman–Crippen LogP) is 4.40. The second-order valence-electron chi connectivity index (χ2n) is 4.30. The van der Waals surface area contributed by atoms with Gasteiger partial charge in [-0.15, -0.1) is 0 Å². The molecule has 0 saturated heterocycles. The predicted molar refractivity (Wildman–Crippen MR) is 74.7 cm³/mol. The van der Waals surface area contributed by atoms with Crippen LogP contribution in [0.5, 0.6) is 0 Å². The monoisotopic (exact) mass is 272 g/mol. The van der Waals surface area contributed by atoms with Gasteiger partial charge >= 0.3 is 0 Å². The minimum absolute atomic E-state index is 0.322. The van der Waals surface area contributed by atoms with E-state index in [0.29, 0.717) is 10.5 Å². The Labute approximate surface area is 114 Å². The first-order valence-corrected chi connectivity index (χ1v) is 6.20. The molecule has 0 aliphatic heterocycles. The van der Waals surface area contributed by atoms with Gasteiger partial charge in [-0.3, -0.25) is 4.98 Å². The Morgan fingerprint density at radius 1 is 1.21 bits per heavy atom. The van der Waals surface area contributed by atoms with Crippen LogP contribution in [-0.4, -0.2) is 9.97 Å². The van der Waals surface area contributed by atoms with Crippen molar-refractivity contribution >= 4 is 22.5 Å². The van der Waals surface area contributed by atoms with Gasteiger partial charge in [0.15, 0.2) is 0 Å². The van der Waals surface area contributed by atoms with Gasteiger partial charge in [0.25, 0.3) is 0 Å². The van der Waals surface area contributed by atoms with E-state index in [1.807, 2.05) is 19.1 Å². The first-order chi connectivity index (χ1) is 9.16. The van der Waals surface area contributed by atoms with Crippen molar-refractivity contribution in [2.45, 2.75) is 6.92 Å². The molecule has 3 rings (SSSR count). The quantitative estimate of drug-likeness (QED) is 0.656. The second kappa shape index (κ2) is 4.59. The maximum absolute atomic E-state index is 13.3. The summed E-state index contributed by atoms with van der Waals surface area (Å²) < 4.78 is 13.3. The van der Waals surface area contributed by atoms with Crippen molar-refractivity contribution in [1.82, 2.24) is 9.97 Å². The van der Waals surface area contributed by atoms with E-state index >= 15 is 0 Å². The number of nitrogens with zero attached hydrogens (tertiary/aromatic N) is 2. The van der Waals surface area contributed by atoms with Gasteiger partial charge in [-0.1, -0.05) is 11.6 Å². The molecule has 0 aliphatic rings. The molecule has 0 fully saturated rings. The normalized spacial score (nSPS) is 10.9. The fourth-order valence-corrected chi connectivity index (χ4v) is 2.33. The zero-order valence-corrected chi connectivity index (χ0v) is 10.9. The summed E-state index contributed by atoms with van der Waals surface area (Å²) in [6.07, 6.45) is 3.41. The van der Waals surface area contributed by atoms with E-state index in [4.69, 9.17) is 11.6 Å². The lowest BCUT2D eigenvalue weighted by atomic mass is 10.1. The van der Waals surface area contributed by atoms with Crippen LogP contribution in [0, 0.1) is 12.7 Å². The average molecular weight is 273 g/mol. The first-order valence-electron chi connectivity index (χ1n) is 5.82. The Kier molecular flexibility index (Phi) is 2.91. The number of aromatic nitrogens is 2. The Bertz CT molecular complexity index is 757. The fraction of sp³-hybridized carbons (Fsp3) is 0.0667. The second-order valence-corrected chi connectivity index (χ2v) is 4.68. The summed E-state index contributed by atoms with van der Waals surface area (Å²) in [5.41, 5.74) is 3.02. The van der Waals surface area contributed by atoms with Gasteiger partial charge in [-0.2, -0.15) is 0 Å². The highest BCUT2D eigenvalue weighted by atomic mass is 35.5. The summed E-state index contributed by atoms with van der Waals surface area (Å²) in [6.45, 7) is 1.90. The maximum Gasteiger partial charge on any atom is 0.125 e. The van der Waals surface area contributed by atoms with Crippen molar-refractivity contribution in [1.29, 1.82) is 0 Å². The van der Waals surface area contributed by atoms with E-state index in [9.17, 15) is 4.39 Å². The summed E-state index contributed by atoms with van der Waals surface area (Å²) in [7, 11) is 0. The van der Waals surface area contributed by atoms with Crippen LogP contribution in [0.2, 0.25) is 5.02 Å². The third-order valence-corrected chi connectivity index (χ3v) is 3.53. The van der Waals surface area contributed by atoms with Crippen LogP contribution in [0.25, 0.3) is 22.2 Å². The Hall–Kier alpha value is -2.00. The summed E-state index contributed by atoms with van der Waals surface area (Å²) >= 11 is 6.35. The summed E-state index contributed by atoms with van der Waals surface area (Å²) in [6, 6.07) is 8.17. The number of benzene rings is 1. The van der Waals surface area contributed by atoms with Gasteiger partial charge in [0.2, 0.25) is 0 Å². The molecule has 0 aliphatic carbocycles. The largest absolute Gasteiger partial charge is 0.264 e. The molecule has 0 amide bonds. The van der Waals surface area contributed by atoms with Gasteiger partial charge in [0.1, 0.15) is 5.82 Å². The topological polar surface area (TPSA) is 25.8 Å². The molecular formula is C15H10ClFN2. The number of pyridine rings is 2. The van der Waals surface area contributed by atoms with Gasteiger partial charge in [0.05, 0.1) is 16.2 Å². The third-order valence-electron chi connectivity index (χ3n) is 3.05. The average Bonchev–Trinajstić information content (AvgIpc) is 2.43. The molecule has 0 bridgehead atoms. The number of fused-ring (bicyclic) bond motifs is 1. The van der Waals surface area contributed by atoms with Gasteiger partial charge < -0.3 is 0 Å². The van der Waals surface area contributed by atoms with Crippen molar-refractivity contribution < 1.29 is 4.39 Å². The number of rotatable bonds is 1. The maximum atomic E-state index is 13.3. The van der Waals surface area contributed by atoms with E-state index < -0.39 is 0 Å². The Morgan fingerprint density at radius 3 is 2.79 bits per heavy atom. The molecule has 0 saturated carbocycles. The molecule has 94 valence electrons. The lowest BCUT2D eigenvalue weighted by Gasteiger charge is -2.10. The van der Waals surface area contributed by atoms with E-state index in [-0.39, 0.29) is 5.82 Å². The lowest BCUT2D eigenvalue weighted by molar-refractivity contribution is 0.629. The van der Waals surface area contributed by atoms with Crippen LogP contribution in [0.4, 0.5) is 4.39 Å². The smallest absolute Gasteiger partial charge is 0.125 e. The van der Waals surface area contributed by atoms with Crippen LogP contribution in [0.1, 0.15) is 5.56 Å². The molecule has 0 atom stereocenters. The highest BCUT2D eigenvalue weighted by molar-refractivity contribution is 6.36. The third kappa shape index (κ3) is 2.06. The molecule has 0 unspecified atom stereocenters. The number of hydrogen-bond donors (Lipinski definition) is 0. The molecule has 4 heteroatoms. The van der Waals surface area contributed by atoms with Gasteiger partial charge in [0, 0.05) is 29.4 Å². The molecule has 0 radical (unpaired) electrons. The zero-order valence-electron chi connectivity index (χ0n) is 10.2. The van der Waals surface area contributed by atoms with Crippen molar-refractivity contribution in [2.75, 3.05) is 0 Å². The SMILES string of the molecule is Cc1c(-c2cccnc2)nc2cc(F)ccc2c1Cl. The van der Waals surface area contributed by atoms with Crippen molar-refractivity contribution in [3.05, 3.63) is 59.1 Å². The highest BCUT2D eigenvalue weighted by Crippen LogP contribution is 2.32. The molecule has 2 heterocycles. The minimum Gasteiger partial charge on any atom is -0.264 e. The van der Waals surface area contributed by atoms with E-state index in [0.717, 1.165) is 22.2 Å². The Balaban J connectivity index is 2.35. The van der Waals surface area contributed by atoms with Crippen LogP contribution in [0.3, 0.4) is 0 Å². The molecule has 2 aromatic heterocycles. The van der Waals surface area contributed by atoms with Crippen molar-refractivity contribution in [3.8, 4) is 11.3 Å². The van der Waals surface area contributed by atoms with Crippen LogP contribution < -0.4 is 0 Å². The molecular weight excluding hydrogens is 263 g/mol. The van der Waals surface area contributed by atoms with Crippen LogP contribution in [0.15, 0.2) is 42.7 Å². The number of halogens is 2. The highest BCUT2D eigenvalue weighted by Gasteiger charge is 2.12. The van der Waals surface area contributed by atoms with Gasteiger partial charge in [-0.05, 0) is 36.8 Å². The molecule has 19 heavy (non-hydrogen) atoms. The van der Waals surface area contributed by atoms with E-state index in [2.05, 4.69) is 9.97 Å². The summed E-state index contributed by atoms with van der Waals surface area (Å²) in [5, 5.41) is 1.36. The molecule has 3 aromatic rings. The van der Waals surface area contributed by atoms with E-state index in [1.165, 1.54) is 12.1 Å². The summed E-state index contributed by atoms with van der Waals surface area (Å²) in [5.74, 6) is -0.322. The Morgan fingerprint density at radius 2 is 2.05 bits per heavy atom. The molecule has 1 aromatic carbocycles. The molecule has 0 N–H and O–H groups in total. The van der Waals surface area contributed by atoms with E-state index in [1.54, 1.807) is 18.5 Å². The molecule has 0 spiro atoms. The minimum atomic E-state index is -0.322. The zero-order chi connectivity index (χ0) is 13.4. The summed E-state index contributed by atoms with van der Waals surface area (Å²) in [4.78, 5) is 8.57. The van der Waals surface area contributed by atoms with Crippen molar-refractivity contribution in [3.63, 3.8) is 0 Å². The van der Waals surface area contributed by atoms with Crippen LogP contribution in [-0.2, 0) is 0 Å². The first kappa shape index (κ1) is 12.1. The lowest BCUT2D eigenvalue weighted by Crippen LogP contribution is -1.93. The molecule has 2 nitrogen and oxygen atoms in total.